The Morgan fingerprint density at radius 3 is 2.56 bits per heavy atom. The summed E-state index contributed by atoms with van der Waals surface area (Å²) in [5.41, 5.74) is 2.85. The highest BCUT2D eigenvalue weighted by Gasteiger charge is 2.32. The van der Waals surface area contributed by atoms with Gasteiger partial charge < -0.3 is 10.2 Å². The van der Waals surface area contributed by atoms with Crippen molar-refractivity contribution in [1.29, 1.82) is 0 Å². The van der Waals surface area contributed by atoms with Gasteiger partial charge in [0.25, 0.3) is 5.91 Å². The van der Waals surface area contributed by atoms with Crippen LogP contribution in [0.5, 0.6) is 0 Å². The maximum atomic E-state index is 12.3. The van der Waals surface area contributed by atoms with Crippen LogP contribution in [-0.2, 0) is 11.3 Å². The molecule has 0 unspecified atom stereocenters. The predicted octanol–water partition coefficient (Wildman–Crippen LogP) is 4.38. The number of benzene rings is 2. The third-order valence-corrected chi connectivity index (χ3v) is 5.94. The van der Waals surface area contributed by atoms with Crippen molar-refractivity contribution < 1.29 is 9.59 Å². The van der Waals surface area contributed by atoms with Crippen LogP contribution in [0, 0.1) is 0 Å². The second kappa shape index (κ2) is 9.60. The summed E-state index contributed by atoms with van der Waals surface area (Å²) in [6.45, 7) is 3.47. The Labute approximate surface area is 165 Å². The van der Waals surface area contributed by atoms with Gasteiger partial charge in [-0.3, -0.25) is 9.59 Å². The van der Waals surface area contributed by atoms with Gasteiger partial charge in [-0.15, -0.1) is 11.8 Å². The minimum Gasteiger partial charge on any atom is -0.352 e. The lowest BCUT2D eigenvalue weighted by Gasteiger charge is -2.24. The number of amides is 2. The molecule has 27 heavy (non-hydrogen) atoms. The summed E-state index contributed by atoms with van der Waals surface area (Å²) < 4.78 is 0. The van der Waals surface area contributed by atoms with E-state index in [4.69, 9.17) is 0 Å². The van der Waals surface area contributed by atoms with Crippen molar-refractivity contribution in [2.45, 2.75) is 38.1 Å². The monoisotopic (exact) mass is 382 g/mol. The van der Waals surface area contributed by atoms with Crippen molar-refractivity contribution in [2.75, 3.05) is 12.3 Å². The molecule has 0 saturated carbocycles. The summed E-state index contributed by atoms with van der Waals surface area (Å²) in [4.78, 5) is 26.5. The molecule has 1 fully saturated rings. The molecule has 1 saturated heterocycles. The van der Waals surface area contributed by atoms with E-state index in [9.17, 15) is 9.59 Å². The van der Waals surface area contributed by atoms with Crippen LogP contribution in [-0.4, -0.2) is 29.0 Å². The van der Waals surface area contributed by atoms with E-state index < -0.39 is 0 Å². The van der Waals surface area contributed by atoms with Gasteiger partial charge in [0.1, 0.15) is 5.37 Å². The molecule has 1 aliphatic heterocycles. The molecule has 2 amide bonds. The Bertz CT molecular complexity index is 762. The normalized spacial score (nSPS) is 16.6. The largest absolute Gasteiger partial charge is 0.352 e. The smallest absolute Gasteiger partial charge is 0.251 e. The Hall–Kier alpha value is -2.27. The average molecular weight is 383 g/mol. The molecular formula is C22H26N2O2S. The van der Waals surface area contributed by atoms with Gasteiger partial charge in [0.2, 0.25) is 5.91 Å². The summed E-state index contributed by atoms with van der Waals surface area (Å²) in [6, 6.07) is 17.7. The lowest BCUT2D eigenvalue weighted by Crippen LogP contribution is -2.28. The third kappa shape index (κ3) is 5.13. The van der Waals surface area contributed by atoms with Crippen molar-refractivity contribution in [3.63, 3.8) is 0 Å². The Balaban J connectivity index is 1.64. The quantitative estimate of drug-likeness (QED) is 0.689. The summed E-state index contributed by atoms with van der Waals surface area (Å²) in [6.07, 6.45) is 3.28. The lowest BCUT2D eigenvalue weighted by atomic mass is 10.1. The first-order chi connectivity index (χ1) is 13.2. The number of hydrogen-bond donors (Lipinski definition) is 1. The van der Waals surface area contributed by atoms with Gasteiger partial charge >= 0.3 is 0 Å². The van der Waals surface area contributed by atoms with Crippen LogP contribution < -0.4 is 5.32 Å². The third-order valence-electron chi connectivity index (χ3n) is 4.69. The zero-order valence-corrected chi connectivity index (χ0v) is 16.5. The number of rotatable bonds is 8. The average Bonchev–Trinajstić information content (AvgIpc) is 3.06. The Morgan fingerprint density at radius 2 is 1.85 bits per heavy atom. The minimum atomic E-state index is -0.0334. The van der Waals surface area contributed by atoms with Crippen molar-refractivity contribution in [3.05, 3.63) is 71.3 Å². The molecule has 0 aliphatic carbocycles. The summed E-state index contributed by atoms with van der Waals surface area (Å²) >= 11 is 1.64. The highest BCUT2D eigenvalue weighted by Crippen LogP contribution is 2.39. The molecule has 1 atom stereocenters. The second-order valence-electron chi connectivity index (χ2n) is 6.76. The predicted molar refractivity (Wildman–Crippen MR) is 110 cm³/mol. The molecule has 1 heterocycles. The van der Waals surface area contributed by atoms with Gasteiger partial charge in [-0.2, -0.15) is 0 Å². The standard InChI is InChI=1S/C22H26N2O2S/c1-2-3-7-14-23-21(26)18-10-12-19(13-11-18)22-24(20(25)16-27-22)15-17-8-5-4-6-9-17/h4-6,8-13,22H,2-3,7,14-16H2,1H3,(H,23,26)/t22-/m1/s1. The molecular weight excluding hydrogens is 356 g/mol. The van der Waals surface area contributed by atoms with Gasteiger partial charge in [-0.05, 0) is 29.7 Å². The van der Waals surface area contributed by atoms with Crippen molar-refractivity contribution in [3.8, 4) is 0 Å². The van der Waals surface area contributed by atoms with Gasteiger partial charge in [-0.25, -0.2) is 0 Å². The van der Waals surface area contributed by atoms with Crippen molar-refractivity contribution >= 4 is 23.6 Å². The molecule has 3 rings (SSSR count). The van der Waals surface area contributed by atoms with Gasteiger partial charge in [-0.1, -0.05) is 62.2 Å². The fourth-order valence-electron chi connectivity index (χ4n) is 3.16. The lowest BCUT2D eigenvalue weighted by molar-refractivity contribution is -0.128. The molecule has 2 aromatic carbocycles. The van der Waals surface area contributed by atoms with Crippen molar-refractivity contribution in [1.82, 2.24) is 10.2 Å². The van der Waals surface area contributed by atoms with E-state index in [1.807, 2.05) is 59.5 Å². The molecule has 0 radical (unpaired) electrons. The van der Waals surface area contributed by atoms with Crippen LogP contribution in [0.4, 0.5) is 0 Å². The molecule has 1 aliphatic rings. The van der Waals surface area contributed by atoms with E-state index >= 15 is 0 Å². The highest BCUT2D eigenvalue weighted by molar-refractivity contribution is 8.00. The van der Waals surface area contributed by atoms with E-state index in [2.05, 4.69) is 12.2 Å². The van der Waals surface area contributed by atoms with E-state index in [1.165, 1.54) is 0 Å². The van der Waals surface area contributed by atoms with Crippen LogP contribution in [0.3, 0.4) is 0 Å². The second-order valence-corrected chi connectivity index (χ2v) is 7.82. The molecule has 1 N–H and O–H groups in total. The molecule has 142 valence electrons. The Morgan fingerprint density at radius 1 is 1.11 bits per heavy atom. The van der Waals surface area contributed by atoms with Gasteiger partial charge in [0.05, 0.1) is 5.75 Å². The first kappa shape index (κ1) is 19.5. The Kier molecular flexibility index (Phi) is 6.93. The number of carbonyl (C=O) groups is 2. The minimum absolute atomic E-state index is 0.000582. The zero-order valence-electron chi connectivity index (χ0n) is 15.7. The SMILES string of the molecule is CCCCCNC(=O)c1ccc([C@H]2SCC(=O)N2Cc2ccccc2)cc1. The van der Waals surface area contributed by atoms with E-state index in [0.717, 1.165) is 30.4 Å². The number of carbonyl (C=O) groups excluding carboxylic acids is 2. The number of thioether (sulfide) groups is 1. The molecule has 4 nitrogen and oxygen atoms in total. The number of hydrogen-bond acceptors (Lipinski definition) is 3. The topological polar surface area (TPSA) is 49.4 Å². The first-order valence-corrected chi connectivity index (χ1v) is 10.6. The van der Waals surface area contributed by atoms with E-state index in [-0.39, 0.29) is 17.2 Å². The summed E-state index contributed by atoms with van der Waals surface area (Å²) in [5, 5.41) is 2.96. The molecule has 0 aromatic heterocycles. The maximum absolute atomic E-state index is 12.3. The first-order valence-electron chi connectivity index (χ1n) is 9.52. The van der Waals surface area contributed by atoms with Crippen molar-refractivity contribution in [2.24, 2.45) is 0 Å². The summed E-state index contributed by atoms with van der Waals surface area (Å²) in [5.74, 6) is 0.623. The van der Waals surface area contributed by atoms with Gasteiger partial charge in [0.15, 0.2) is 0 Å². The van der Waals surface area contributed by atoms with Crippen LogP contribution >= 0.6 is 11.8 Å². The fourth-order valence-corrected chi connectivity index (χ4v) is 4.35. The summed E-state index contributed by atoms with van der Waals surface area (Å²) in [7, 11) is 0. The van der Waals surface area contributed by atoms with Crippen LogP contribution in [0.15, 0.2) is 54.6 Å². The maximum Gasteiger partial charge on any atom is 0.251 e. The zero-order chi connectivity index (χ0) is 19.1. The molecule has 0 spiro atoms. The van der Waals surface area contributed by atoms with Crippen LogP contribution in [0.25, 0.3) is 0 Å². The highest BCUT2D eigenvalue weighted by atomic mass is 32.2. The van der Waals surface area contributed by atoms with E-state index in [1.54, 1.807) is 11.8 Å². The van der Waals surface area contributed by atoms with Gasteiger partial charge in [0, 0.05) is 18.7 Å². The molecule has 0 bridgehead atoms. The van der Waals surface area contributed by atoms with E-state index in [0.29, 0.717) is 24.4 Å². The number of nitrogens with zero attached hydrogens (tertiary/aromatic N) is 1. The number of unbranched alkanes of at least 4 members (excludes halogenated alkanes) is 2. The van der Waals surface area contributed by atoms with Crippen LogP contribution in [0.1, 0.15) is 53.0 Å². The molecule has 2 aromatic rings. The fraction of sp³-hybridized carbons (Fsp3) is 0.364. The number of nitrogens with one attached hydrogen (secondary N) is 1. The van der Waals surface area contributed by atoms with Crippen LogP contribution in [0.2, 0.25) is 0 Å². The molecule has 5 heteroatoms.